The van der Waals surface area contributed by atoms with Crippen molar-refractivity contribution >= 4 is 11.8 Å². The van der Waals surface area contributed by atoms with Crippen molar-refractivity contribution in [2.75, 3.05) is 6.54 Å². The molecule has 5 heteroatoms. The number of nitrogens with one attached hydrogen (secondary N) is 1. The first kappa shape index (κ1) is 19.1. The first-order valence-electron chi connectivity index (χ1n) is 9.69. The van der Waals surface area contributed by atoms with Gasteiger partial charge in [-0.2, -0.15) is 0 Å². The van der Waals surface area contributed by atoms with Gasteiger partial charge in [-0.15, -0.1) is 0 Å². The van der Waals surface area contributed by atoms with Crippen LogP contribution in [0.5, 0.6) is 0 Å². The Hall–Kier alpha value is -2.69. The molecule has 0 aliphatic carbocycles. The Kier molecular flexibility index (Phi) is 6.22. The number of benzene rings is 1. The number of hydrogen-bond donors (Lipinski definition) is 1. The molecule has 0 bridgehead atoms. The predicted octanol–water partition coefficient (Wildman–Crippen LogP) is 3.72. The second-order valence-corrected chi connectivity index (χ2v) is 7.16. The van der Waals surface area contributed by atoms with Gasteiger partial charge in [0.25, 0.3) is 11.8 Å². The molecule has 1 aliphatic rings. The Labute approximate surface area is 160 Å². The van der Waals surface area contributed by atoms with E-state index in [4.69, 9.17) is 0 Å². The zero-order chi connectivity index (χ0) is 19.2. The van der Waals surface area contributed by atoms with Crippen molar-refractivity contribution in [1.82, 2.24) is 15.2 Å². The number of carbonyl (C=O) groups excluding carboxylic acids is 2. The smallest absolute Gasteiger partial charge is 0.270 e. The van der Waals surface area contributed by atoms with Gasteiger partial charge in [0.2, 0.25) is 0 Å². The van der Waals surface area contributed by atoms with Crippen molar-refractivity contribution in [2.45, 2.75) is 52.1 Å². The highest BCUT2D eigenvalue weighted by atomic mass is 16.2. The molecule has 0 radical (unpaired) electrons. The Morgan fingerprint density at radius 1 is 1.22 bits per heavy atom. The fourth-order valence-electron chi connectivity index (χ4n) is 3.64. The molecule has 1 N–H and O–H groups in total. The fraction of sp³-hybridized carbons (Fsp3) is 0.409. The summed E-state index contributed by atoms with van der Waals surface area (Å²) in [5.74, 6) is -0.270. The van der Waals surface area contributed by atoms with Gasteiger partial charge in [0.15, 0.2) is 0 Å². The van der Waals surface area contributed by atoms with E-state index in [1.54, 1.807) is 18.3 Å². The summed E-state index contributed by atoms with van der Waals surface area (Å²) in [5, 5.41) is 2.88. The third kappa shape index (κ3) is 4.73. The van der Waals surface area contributed by atoms with Gasteiger partial charge >= 0.3 is 0 Å². The molecule has 1 fully saturated rings. The van der Waals surface area contributed by atoms with E-state index in [9.17, 15) is 9.59 Å². The number of aromatic nitrogens is 1. The van der Waals surface area contributed by atoms with Crippen LogP contribution >= 0.6 is 0 Å². The molecule has 2 amide bonds. The third-order valence-electron chi connectivity index (χ3n) is 5.13. The SMILES string of the molecule is CCC1CCCCN1C(=O)c1ccnc(C(=O)NCc2cccc(C)c2)c1. The highest BCUT2D eigenvalue weighted by Crippen LogP contribution is 2.22. The minimum atomic E-state index is -0.267. The van der Waals surface area contributed by atoms with Gasteiger partial charge in [-0.3, -0.25) is 14.6 Å². The van der Waals surface area contributed by atoms with Crippen LogP contribution < -0.4 is 5.32 Å². The summed E-state index contributed by atoms with van der Waals surface area (Å²) in [7, 11) is 0. The first-order valence-corrected chi connectivity index (χ1v) is 9.69. The van der Waals surface area contributed by atoms with Crippen LogP contribution in [0.2, 0.25) is 0 Å². The van der Waals surface area contributed by atoms with Crippen LogP contribution in [-0.4, -0.2) is 34.3 Å². The summed E-state index contributed by atoms with van der Waals surface area (Å²) >= 11 is 0. The third-order valence-corrected chi connectivity index (χ3v) is 5.13. The standard InChI is InChI=1S/C22H27N3O2/c1-3-19-9-4-5-12-25(19)22(27)18-10-11-23-20(14-18)21(26)24-15-17-8-6-7-16(2)13-17/h6-8,10-11,13-14,19H,3-5,9,12,15H2,1-2H3,(H,24,26). The number of nitrogens with zero attached hydrogens (tertiary/aromatic N) is 2. The number of pyridine rings is 1. The number of likely N-dealkylation sites (tertiary alicyclic amines) is 1. The van der Waals surface area contributed by atoms with Gasteiger partial charge in [-0.05, 0) is 50.3 Å². The molecule has 2 aromatic rings. The van der Waals surface area contributed by atoms with Gasteiger partial charge < -0.3 is 10.2 Å². The number of carbonyl (C=O) groups is 2. The van der Waals surface area contributed by atoms with Crippen molar-refractivity contribution in [3.8, 4) is 0 Å². The lowest BCUT2D eigenvalue weighted by Crippen LogP contribution is -2.43. The van der Waals surface area contributed by atoms with Crippen molar-refractivity contribution < 1.29 is 9.59 Å². The first-order chi connectivity index (χ1) is 13.1. The molecule has 27 heavy (non-hydrogen) atoms. The maximum absolute atomic E-state index is 12.9. The molecule has 5 nitrogen and oxygen atoms in total. The Balaban J connectivity index is 1.69. The fourth-order valence-corrected chi connectivity index (χ4v) is 3.64. The normalized spacial score (nSPS) is 16.8. The molecule has 1 atom stereocenters. The molecular weight excluding hydrogens is 338 g/mol. The van der Waals surface area contributed by atoms with Crippen LogP contribution in [0.15, 0.2) is 42.6 Å². The molecule has 0 saturated carbocycles. The average molecular weight is 365 g/mol. The number of rotatable bonds is 5. The highest BCUT2D eigenvalue weighted by molar-refractivity contribution is 5.98. The Morgan fingerprint density at radius 3 is 2.85 bits per heavy atom. The monoisotopic (exact) mass is 365 g/mol. The summed E-state index contributed by atoms with van der Waals surface area (Å²) < 4.78 is 0. The van der Waals surface area contributed by atoms with Crippen molar-refractivity contribution in [3.05, 3.63) is 65.0 Å². The van der Waals surface area contributed by atoms with Crippen molar-refractivity contribution in [3.63, 3.8) is 0 Å². The zero-order valence-electron chi connectivity index (χ0n) is 16.1. The van der Waals surface area contributed by atoms with E-state index in [2.05, 4.69) is 17.2 Å². The minimum Gasteiger partial charge on any atom is -0.347 e. The molecule has 1 aromatic heterocycles. The van der Waals surface area contributed by atoms with Crippen LogP contribution in [0, 0.1) is 6.92 Å². The number of piperidine rings is 1. The van der Waals surface area contributed by atoms with E-state index < -0.39 is 0 Å². The molecule has 1 unspecified atom stereocenters. The number of amides is 2. The average Bonchev–Trinajstić information content (AvgIpc) is 2.71. The topological polar surface area (TPSA) is 62.3 Å². The summed E-state index contributed by atoms with van der Waals surface area (Å²) in [6.07, 6.45) is 5.76. The molecule has 2 heterocycles. The molecule has 142 valence electrons. The summed E-state index contributed by atoms with van der Waals surface area (Å²) in [5.41, 5.74) is 3.00. The van der Waals surface area contributed by atoms with Crippen LogP contribution in [0.4, 0.5) is 0 Å². The van der Waals surface area contributed by atoms with Crippen LogP contribution in [0.25, 0.3) is 0 Å². The van der Waals surface area contributed by atoms with Crippen LogP contribution in [0.1, 0.15) is 64.6 Å². The van der Waals surface area contributed by atoms with Crippen molar-refractivity contribution in [1.29, 1.82) is 0 Å². The number of aryl methyl sites for hydroxylation is 1. The van der Waals surface area contributed by atoms with Gasteiger partial charge in [0.1, 0.15) is 5.69 Å². The van der Waals surface area contributed by atoms with E-state index in [0.717, 1.165) is 36.9 Å². The maximum Gasteiger partial charge on any atom is 0.270 e. The zero-order valence-corrected chi connectivity index (χ0v) is 16.1. The van der Waals surface area contributed by atoms with E-state index in [0.29, 0.717) is 12.1 Å². The summed E-state index contributed by atoms with van der Waals surface area (Å²) in [4.78, 5) is 31.5. The minimum absolute atomic E-state index is 0.00307. The lowest BCUT2D eigenvalue weighted by molar-refractivity contribution is 0.0608. The lowest BCUT2D eigenvalue weighted by atomic mass is 9.99. The Morgan fingerprint density at radius 2 is 2.07 bits per heavy atom. The van der Waals surface area contributed by atoms with Gasteiger partial charge in [0, 0.05) is 30.9 Å². The quantitative estimate of drug-likeness (QED) is 0.878. The van der Waals surface area contributed by atoms with Gasteiger partial charge in [-0.25, -0.2) is 0 Å². The van der Waals surface area contributed by atoms with E-state index in [1.807, 2.05) is 36.1 Å². The predicted molar refractivity (Wildman–Crippen MR) is 106 cm³/mol. The largest absolute Gasteiger partial charge is 0.347 e. The van der Waals surface area contributed by atoms with Crippen LogP contribution in [-0.2, 0) is 6.54 Å². The second-order valence-electron chi connectivity index (χ2n) is 7.16. The summed E-state index contributed by atoms with van der Waals surface area (Å²) in [6, 6.07) is 11.6. The molecule has 3 rings (SSSR count). The molecule has 0 spiro atoms. The summed E-state index contributed by atoms with van der Waals surface area (Å²) in [6.45, 7) is 5.36. The maximum atomic E-state index is 12.9. The van der Waals surface area contributed by atoms with Gasteiger partial charge in [-0.1, -0.05) is 36.8 Å². The van der Waals surface area contributed by atoms with Crippen molar-refractivity contribution in [2.24, 2.45) is 0 Å². The van der Waals surface area contributed by atoms with Gasteiger partial charge in [0.05, 0.1) is 0 Å². The van der Waals surface area contributed by atoms with E-state index in [-0.39, 0.29) is 23.6 Å². The number of hydrogen-bond acceptors (Lipinski definition) is 3. The lowest BCUT2D eigenvalue weighted by Gasteiger charge is -2.35. The molecule has 1 aliphatic heterocycles. The highest BCUT2D eigenvalue weighted by Gasteiger charge is 2.26. The molecule has 1 saturated heterocycles. The molecular formula is C22H27N3O2. The second kappa shape index (κ2) is 8.80. The Bertz CT molecular complexity index is 819. The van der Waals surface area contributed by atoms with E-state index >= 15 is 0 Å². The van der Waals surface area contributed by atoms with Crippen LogP contribution in [0.3, 0.4) is 0 Å². The van der Waals surface area contributed by atoms with E-state index in [1.165, 1.54) is 6.42 Å². The molecule has 1 aromatic carbocycles.